The summed E-state index contributed by atoms with van der Waals surface area (Å²) in [4.78, 5) is 2.53. The van der Waals surface area contributed by atoms with Gasteiger partial charge in [0, 0.05) is 19.1 Å². The highest BCUT2D eigenvalue weighted by Gasteiger charge is 2.19. The SMILES string of the molecule is C[C@@H]1CCCCN1Cc1ccccc1CNc1cccc(F)c1C#N. The average Bonchev–Trinajstić information content (AvgIpc) is 2.63. The van der Waals surface area contributed by atoms with Crippen LogP contribution in [-0.4, -0.2) is 17.5 Å². The van der Waals surface area contributed by atoms with E-state index >= 15 is 0 Å². The van der Waals surface area contributed by atoms with Gasteiger partial charge >= 0.3 is 0 Å². The highest BCUT2D eigenvalue weighted by atomic mass is 19.1. The fraction of sp³-hybridized carbons (Fsp3) is 0.381. The molecule has 1 N–H and O–H groups in total. The zero-order valence-electron chi connectivity index (χ0n) is 14.6. The van der Waals surface area contributed by atoms with Gasteiger partial charge in [0.15, 0.2) is 0 Å². The fourth-order valence-electron chi connectivity index (χ4n) is 3.47. The molecule has 4 heteroatoms. The lowest BCUT2D eigenvalue weighted by atomic mass is 10.0. The van der Waals surface area contributed by atoms with Gasteiger partial charge in [-0.25, -0.2) is 4.39 Å². The minimum atomic E-state index is -0.483. The quantitative estimate of drug-likeness (QED) is 0.861. The summed E-state index contributed by atoms with van der Waals surface area (Å²) in [5.41, 5.74) is 3.10. The molecule has 1 heterocycles. The molecule has 1 aliphatic heterocycles. The summed E-state index contributed by atoms with van der Waals surface area (Å²) in [6.07, 6.45) is 3.84. The normalized spacial score (nSPS) is 17.9. The molecule has 1 aliphatic rings. The number of likely N-dealkylation sites (tertiary alicyclic amines) is 1. The number of hydrogen-bond acceptors (Lipinski definition) is 3. The summed E-state index contributed by atoms with van der Waals surface area (Å²) in [7, 11) is 0. The minimum Gasteiger partial charge on any atom is -0.380 e. The summed E-state index contributed by atoms with van der Waals surface area (Å²) >= 11 is 0. The van der Waals surface area contributed by atoms with Gasteiger partial charge in [0.05, 0.1) is 5.69 Å². The van der Waals surface area contributed by atoms with Crippen molar-refractivity contribution >= 4 is 5.69 Å². The maximum absolute atomic E-state index is 13.7. The lowest BCUT2D eigenvalue weighted by Gasteiger charge is -2.33. The monoisotopic (exact) mass is 337 g/mol. The fourth-order valence-corrected chi connectivity index (χ4v) is 3.47. The van der Waals surface area contributed by atoms with Gasteiger partial charge in [-0.1, -0.05) is 36.8 Å². The standard InChI is InChI=1S/C21H24FN3/c1-16-7-4-5-12-25(16)15-18-9-3-2-8-17(18)14-24-21-11-6-10-20(22)19(21)13-23/h2-3,6,8-11,16,24H,4-5,7,12,14-15H2,1H3/t16-/m1/s1. The van der Waals surface area contributed by atoms with Crippen LogP contribution in [0.25, 0.3) is 0 Å². The summed E-state index contributed by atoms with van der Waals surface area (Å²) in [6.45, 7) is 4.96. The number of rotatable bonds is 5. The van der Waals surface area contributed by atoms with Crippen LogP contribution >= 0.6 is 0 Å². The second-order valence-corrected chi connectivity index (χ2v) is 6.71. The van der Waals surface area contributed by atoms with Crippen LogP contribution in [0.4, 0.5) is 10.1 Å². The summed E-state index contributed by atoms with van der Waals surface area (Å²) < 4.78 is 13.7. The minimum absolute atomic E-state index is 0.0737. The first kappa shape index (κ1) is 17.4. The van der Waals surface area contributed by atoms with Gasteiger partial charge in [0.1, 0.15) is 17.4 Å². The molecule has 2 aromatic carbocycles. The van der Waals surface area contributed by atoms with Crippen LogP contribution in [0.15, 0.2) is 42.5 Å². The second-order valence-electron chi connectivity index (χ2n) is 6.71. The molecule has 130 valence electrons. The molecule has 3 rings (SSSR count). The number of piperidine rings is 1. The highest BCUT2D eigenvalue weighted by molar-refractivity contribution is 5.58. The van der Waals surface area contributed by atoms with Crippen molar-refractivity contribution in [2.75, 3.05) is 11.9 Å². The van der Waals surface area contributed by atoms with Gasteiger partial charge in [-0.3, -0.25) is 4.90 Å². The zero-order chi connectivity index (χ0) is 17.6. The van der Waals surface area contributed by atoms with Crippen LogP contribution in [0.1, 0.15) is 42.9 Å². The third-order valence-corrected chi connectivity index (χ3v) is 5.03. The Balaban J connectivity index is 1.73. The van der Waals surface area contributed by atoms with Crippen LogP contribution in [0.3, 0.4) is 0 Å². The maximum Gasteiger partial charge on any atom is 0.143 e. The molecule has 0 unspecified atom stereocenters. The lowest BCUT2D eigenvalue weighted by Crippen LogP contribution is -2.37. The zero-order valence-corrected chi connectivity index (χ0v) is 14.6. The summed E-state index contributed by atoms with van der Waals surface area (Å²) in [6, 6.07) is 15.6. The molecule has 0 radical (unpaired) electrons. The molecule has 0 spiro atoms. The molecular formula is C21H24FN3. The number of benzene rings is 2. The Hall–Kier alpha value is -2.38. The van der Waals surface area contributed by atoms with E-state index in [9.17, 15) is 4.39 Å². The van der Waals surface area contributed by atoms with Gasteiger partial charge in [-0.05, 0) is 49.6 Å². The number of halogens is 1. The third kappa shape index (κ3) is 4.18. The number of hydrogen-bond donors (Lipinski definition) is 1. The average molecular weight is 337 g/mol. The molecule has 0 bridgehead atoms. The molecule has 1 atom stereocenters. The van der Waals surface area contributed by atoms with E-state index in [1.165, 1.54) is 36.5 Å². The highest BCUT2D eigenvalue weighted by Crippen LogP contribution is 2.23. The van der Waals surface area contributed by atoms with E-state index in [4.69, 9.17) is 5.26 Å². The van der Waals surface area contributed by atoms with Crippen molar-refractivity contribution in [3.8, 4) is 6.07 Å². The Morgan fingerprint density at radius 1 is 1.16 bits per heavy atom. The number of nitrogens with zero attached hydrogens (tertiary/aromatic N) is 2. The van der Waals surface area contributed by atoms with Gasteiger partial charge < -0.3 is 5.32 Å². The smallest absolute Gasteiger partial charge is 0.143 e. The Bertz CT molecular complexity index is 766. The van der Waals surface area contributed by atoms with E-state index in [1.807, 2.05) is 12.1 Å². The van der Waals surface area contributed by atoms with Gasteiger partial charge in [0.2, 0.25) is 0 Å². The molecule has 0 amide bonds. The molecule has 2 aromatic rings. The van der Waals surface area contributed by atoms with Crippen molar-refractivity contribution in [2.24, 2.45) is 0 Å². The van der Waals surface area contributed by atoms with E-state index in [0.717, 1.165) is 13.1 Å². The second kappa shape index (κ2) is 8.13. The van der Waals surface area contributed by atoms with Gasteiger partial charge in [0.25, 0.3) is 0 Å². The van der Waals surface area contributed by atoms with E-state index in [0.29, 0.717) is 18.3 Å². The van der Waals surface area contributed by atoms with Crippen LogP contribution in [0, 0.1) is 17.1 Å². The molecule has 0 aromatic heterocycles. The van der Waals surface area contributed by atoms with Crippen LogP contribution in [0.2, 0.25) is 0 Å². The lowest BCUT2D eigenvalue weighted by molar-refractivity contribution is 0.152. The largest absolute Gasteiger partial charge is 0.380 e. The molecular weight excluding hydrogens is 313 g/mol. The van der Waals surface area contributed by atoms with Crippen molar-refractivity contribution in [3.63, 3.8) is 0 Å². The van der Waals surface area contributed by atoms with Crippen LogP contribution < -0.4 is 5.32 Å². The van der Waals surface area contributed by atoms with Crippen molar-refractivity contribution in [2.45, 2.75) is 45.3 Å². The van der Waals surface area contributed by atoms with E-state index in [1.54, 1.807) is 12.1 Å². The first-order valence-electron chi connectivity index (χ1n) is 8.92. The van der Waals surface area contributed by atoms with E-state index < -0.39 is 5.82 Å². The number of nitrogens with one attached hydrogen (secondary N) is 1. The first-order chi connectivity index (χ1) is 12.2. The first-order valence-corrected chi connectivity index (χ1v) is 8.92. The Labute approximate surface area is 149 Å². The third-order valence-electron chi connectivity index (χ3n) is 5.03. The van der Waals surface area contributed by atoms with Crippen molar-refractivity contribution in [1.29, 1.82) is 5.26 Å². The molecule has 25 heavy (non-hydrogen) atoms. The molecule has 1 saturated heterocycles. The van der Waals surface area contributed by atoms with Crippen molar-refractivity contribution < 1.29 is 4.39 Å². The van der Waals surface area contributed by atoms with Crippen molar-refractivity contribution in [3.05, 3.63) is 65.0 Å². The van der Waals surface area contributed by atoms with Crippen LogP contribution in [-0.2, 0) is 13.1 Å². The predicted octanol–water partition coefficient (Wildman–Crippen LogP) is 4.68. The van der Waals surface area contributed by atoms with Gasteiger partial charge in [-0.15, -0.1) is 0 Å². The molecule has 3 nitrogen and oxygen atoms in total. The predicted molar refractivity (Wildman–Crippen MR) is 98.6 cm³/mol. The molecule has 0 aliphatic carbocycles. The Morgan fingerprint density at radius 3 is 2.72 bits per heavy atom. The van der Waals surface area contributed by atoms with Crippen molar-refractivity contribution in [1.82, 2.24) is 4.90 Å². The van der Waals surface area contributed by atoms with E-state index in [-0.39, 0.29) is 5.56 Å². The van der Waals surface area contributed by atoms with Crippen LogP contribution in [0.5, 0.6) is 0 Å². The number of nitriles is 1. The van der Waals surface area contributed by atoms with E-state index in [2.05, 4.69) is 35.3 Å². The summed E-state index contributed by atoms with van der Waals surface area (Å²) in [5.74, 6) is -0.483. The van der Waals surface area contributed by atoms with Gasteiger partial charge in [-0.2, -0.15) is 5.26 Å². The number of anilines is 1. The topological polar surface area (TPSA) is 39.1 Å². The molecule has 0 saturated carbocycles. The maximum atomic E-state index is 13.7. The Kier molecular flexibility index (Phi) is 5.67. The summed E-state index contributed by atoms with van der Waals surface area (Å²) in [5, 5.41) is 12.4. The Morgan fingerprint density at radius 2 is 1.96 bits per heavy atom. The molecule has 1 fully saturated rings.